The molecular formula is C26H30O4. The number of phenolic OH excluding ortho intramolecular Hbond substituents is 2. The third-order valence-corrected chi connectivity index (χ3v) is 4.60. The van der Waals surface area contributed by atoms with E-state index in [2.05, 4.69) is 39.8 Å². The van der Waals surface area contributed by atoms with E-state index in [1.807, 2.05) is 12.1 Å². The van der Waals surface area contributed by atoms with Gasteiger partial charge in [0.25, 0.3) is 0 Å². The molecule has 0 amide bonds. The van der Waals surface area contributed by atoms with Crippen LogP contribution in [-0.4, -0.2) is 23.1 Å². The van der Waals surface area contributed by atoms with Crippen molar-refractivity contribution < 1.29 is 19.7 Å². The summed E-state index contributed by atoms with van der Waals surface area (Å²) in [5.41, 5.74) is 5.59. The van der Waals surface area contributed by atoms with Crippen molar-refractivity contribution in [1.29, 1.82) is 0 Å². The number of carbonyl (C=O) groups excluding carboxylic acids is 1. The number of allylic oxidation sites excluding steroid dienone is 5. The van der Waals surface area contributed by atoms with Crippen LogP contribution in [0.2, 0.25) is 0 Å². The van der Waals surface area contributed by atoms with E-state index in [0.717, 1.165) is 41.3 Å². The van der Waals surface area contributed by atoms with Crippen LogP contribution in [0.25, 0.3) is 6.08 Å². The number of rotatable bonds is 8. The Kier molecular flexibility index (Phi) is 8.05. The van der Waals surface area contributed by atoms with Crippen molar-refractivity contribution in [1.82, 2.24) is 0 Å². The maximum Gasteiger partial charge on any atom is 0.189 e. The van der Waals surface area contributed by atoms with Gasteiger partial charge in [0, 0.05) is 6.07 Å². The molecule has 0 unspecified atom stereocenters. The summed E-state index contributed by atoms with van der Waals surface area (Å²) < 4.78 is 5.71. The minimum absolute atomic E-state index is 0.0870. The van der Waals surface area contributed by atoms with Crippen molar-refractivity contribution in [3.8, 4) is 17.2 Å². The zero-order valence-corrected chi connectivity index (χ0v) is 18.3. The van der Waals surface area contributed by atoms with Gasteiger partial charge in [-0.1, -0.05) is 29.4 Å². The SMILES string of the molecule is COc1c(CC=C(C)C)cc(C=CC(=O)c2ccc(O)cc2O)cc1CC=C(C)C. The van der Waals surface area contributed by atoms with Gasteiger partial charge in [0.15, 0.2) is 5.78 Å². The van der Waals surface area contributed by atoms with Gasteiger partial charge < -0.3 is 14.9 Å². The standard InChI is InChI=1S/C26H30O4/c1-17(2)6-9-20-14-19(15-21(26(20)30-5)10-7-18(3)4)8-13-24(28)23-12-11-22(27)16-25(23)29/h6-8,11-16,27,29H,9-10H2,1-5H3. The number of phenols is 2. The zero-order chi connectivity index (χ0) is 22.3. The summed E-state index contributed by atoms with van der Waals surface area (Å²) in [4.78, 5) is 12.5. The molecule has 2 N–H and O–H groups in total. The maximum atomic E-state index is 12.5. The summed E-state index contributed by atoms with van der Waals surface area (Å²) in [6, 6.07) is 7.98. The molecule has 2 aromatic rings. The minimum atomic E-state index is -0.333. The summed E-state index contributed by atoms with van der Waals surface area (Å²) in [6.07, 6.45) is 8.95. The number of benzene rings is 2. The van der Waals surface area contributed by atoms with Gasteiger partial charge in [-0.3, -0.25) is 4.79 Å². The van der Waals surface area contributed by atoms with Gasteiger partial charge in [-0.2, -0.15) is 0 Å². The van der Waals surface area contributed by atoms with Crippen LogP contribution in [0.3, 0.4) is 0 Å². The second-order valence-electron chi connectivity index (χ2n) is 7.74. The van der Waals surface area contributed by atoms with Crippen molar-refractivity contribution in [2.24, 2.45) is 0 Å². The molecule has 2 rings (SSSR count). The highest BCUT2D eigenvalue weighted by Crippen LogP contribution is 2.29. The van der Waals surface area contributed by atoms with Gasteiger partial charge in [0.2, 0.25) is 0 Å². The van der Waals surface area contributed by atoms with E-state index < -0.39 is 0 Å². The molecule has 0 bridgehead atoms. The Morgan fingerprint density at radius 3 is 1.97 bits per heavy atom. The largest absolute Gasteiger partial charge is 0.508 e. The van der Waals surface area contributed by atoms with Gasteiger partial charge in [0.1, 0.15) is 17.2 Å². The van der Waals surface area contributed by atoms with Gasteiger partial charge in [-0.25, -0.2) is 0 Å². The number of methoxy groups -OCH3 is 1. The fourth-order valence-electron chi connectivity index (χ4n) is 3.06. The van der Waals surface area contributed by atoms with Crippen molar-refractivity contribution in [2.75, 3.05) is 7.11 Å². The Labute approximate surface area is 178 Å². The fraction of sp³-hybridized carbons (Fsp3) is 0.269. The molecule has 0 aliphatic rings. The monoisotopic (exact) mass is 406 g/mol. The van der Waals surface area contributed by atoms with E-state index in [1.165, 1.54) is 29.4 Å². The summed E-state index contributed by atoms with van der Waals surface area (Å²) in [5, 5.41) is 19.3. The van der Waals surface area contributed by atoms with Crippen LogP contribution in [0.4, 0.5) is 0 Å². The predicted molar refractivity (Wildman–Crippen MR) is 122 cm³/mol. The topological polar surface area (TPSA) is 66.8 Å². The second-order valence-corrected chi connectivity index (χ2v) is 7.74. The quantitative estimate of drug-likeness (QED) is 0.320. The first-order chi connectivity index (χ1) is 14.2. The molecule has 0 fully saturated rings. The van der Waals surface area contributed by atoms with Gasteiger partial charge in [-0.15, -0.1) is 0 Å². The number of hydrogen-bond acceptors (Lipinski definition) is 4. The molecule has 0 saturated heterocycles. The minimum Gasteiger partial charge on any atom is -0.508 e. The van der Waals surface area contributed by atoms with Crippen LogP contribution in [-0.2, 0) is 12.8 Å². The molecule has 0 aromatic heterocycles. The lowest BCUT2D eigenvalue weighted by atomic mass is 9.97. The third-order valence-electron chi connectivity index (χ3n) is 4.60. The first-order valence-electron chi connectivity index (χ1n) is 9.92. The highest BCUT2D eigenvalue weighted by Gasteiger charge is 2.12. The van der Waals surface area contributed by atoms with E-state index in [1.54, 1.807) is 13.2 Å². The number of carbonyl (C=O) groups is 1. The number of ketones is 1. The Balaban J connectivity index is 2.44. The van der Waals surface area contributed by atoms with Crippen molar-refractivity contribution in [2.45, 2.75) is 40.5 Å². The van der Waals surface area contributed by atoms with Crippen LogP contribution in [0.15, 0.2) is 59.7 Å². The first-order valence-corrected chi connectivity index (χ1v) is 9.92. The molecule has 30 heavy (non-hydrogen) atoms. The van der Waals surface area contributed by atoms with Gasteiger partial charge >= 0.3 is 0 Å². The van der Waals surface area contributed by atoms with E-state index in [-0.39, 0.29) is 22.8 Å². The normalized spacial score (nSPS) is 10.7. The smallest absolute Gasteiger partial charge is 0.189 e. The molecule has 0 spiro atoms. The summed E-state index contributed by atoms with van der Waals surface area (Å²) >= 11 is 0. The second kappa shape index (κ2) is 10.5. The van der Waals surface area contributed by atoms with Crippen molar-refractivity contribution in [3.63, 3.8) is 0 Å². The van der Waals surface area contributed by atoms with E-state index in [9.17, 15) is 15.0 Å². The van der Waals surface area contributed by atoms with E-state index >= 15 is 0 Å². The molecule has 4 nitrogen and oxygen atoms in total. The van der Waals surface area contributed by atoms with Crippen LogP contribution in [0.1, 0.15) is 54.7 Å². The molecule has 4 heteroatoms. The Morgan fingerprint density at radius 1 is 0.933 bits per heavy atom. The lowest BCUT2D eigenvalue weighted by molar-refractivity contribution is 0.104. The van der Waals surface area contributed by atoms with Crippen LogP contribution >= 0.6 is 0 Å². The third kappa shape index (κ3) is 6.38. The highest BCUT2D eigenvalue weighted by molar-refractivity contribution is 6.08. The average Bonchev–Trinajstić information content (AvgIpc) is 2.68. The molecule has 2 aromatic carbocycles. The molecule has 158 valence electrons. The lowest BCUT2D eigenvalue weighted by Crippen LogP contribution is -1.99. The van der Waals surface area contributed by atoms with Crippen molar-refractivity contribution >= 4 is 11.9 Å². The van der Waals surface area contributed by atoms with E-state index in [4.69, 9.17) is 4.74 Å². The lowest BCUT2D eigenvalue weighted by Gasteiger charge is -2.14. The molecule has 0 aliphatic carbocycles. The van der Waals surface area contributed by atoms with Crippen LogP contribution in [0.5, 0.6) is 17.2 Å². The van der Waals surface area contributed by atoms with E-state index in [0.29, 0.717) is 0 Å². The van der Waals surface area contributed by atoms with Gasteiger partial charge in [0.05, 0.1) is 12.7 Å². The Morgan fingerprint density at radius 2 is 1.50 bits per heavy atom. The summed E-state index contributed by atoms with van der Waals surface area (Å²) in [5.74, 6) is 0.202. The fourth-order valence-corrected chi connectivity index (χ4v) is 3.06. The molecule has 0 aliphatic heterocycles. The predicted octanol–water partition coefficient (Wildman–Crippen LogP) is 6.02. The van der Waals surface area contributed by atoms with Crippen LogP contribution < -0.4 is 4.74 Å². The number of hydrogen-bond donors (Lipinski definition) is 2. The molecule has 0 saturated carbocycles. The molecular weight excluding hydrogens is 376 g/mol. The summed E-state index contributed by atoms with van der Waals surface area (Å²) in [6.45, 7) is 8.23. The van der Waals surface area contributed by atoms with Gasteiger partial charge in [-0.05, 0) is 87.6 Å². The molecule has 0 atom stereocenters. The maximum absolute atomic E-state index is 12.5. The summed E-state index contributed by atoms with van der Waals surface area (Å²) in [7, 11) is 1.68. The molecule has 0 radical (unpaired) electrons. The van der Waals surface area contributed by atoms with Crippen molar-refractivity contribution in [3.05, 3.63) is 82.0 Å². The number of ether oxygens (including phenoxy) is 1. The first kappa shape index (κ1) is 23.0. The highest BCUT2D eigenvalue weighted by atomic mass is 16.5. The Hall–Kier alpha value is -3.27. The Bertz CT molecular complexity index is 961. The number of aromatic hydroxyl groups is 2. The average molecular weight is 407 g/mol. The molecule has 0 heterocycles. The zero-order valence-electron chi connectivity index (χ0n) is 18.3. The van der Waals surface area contributed by atoms with Crippen LogP contribution in [0, 0.1) is 0 Å².